The van der Waals surface area contributed by atoms with Gasteiger partial charge in [0.25, 0.3) is 5.56 Å². The molecule has 1 aromatic heterocycles. The van der Waals surface area contributed by atoms with E-state index >= 15 is 0 Å². The Morgan fingerprint density at radius 2 is 1.71 bits per heavy atom. The predicted octanol–water partition coefficient (Wildman–Crippen LogP) is 1.40. The quantitative estimate of drug-likeness (QED) is 0.527. The number of ether oxygens (including phenoxy) is 1. The van der Waals surface area contributed by atoms with Crippen molar-refractivity contribution in [2.24, 2.45) is 0 Å². The smallest absolute Gasteiger partial charge is 0.362 e. The molecule has 3 rings (SSSR count). The Bertz CT molecular complexity index is 1060. The highest BCUT2D eigenvalue weighted by molar-refractivity contribution is 7.51. The van der Waals surface area contributed by atoms with Crippen LogP contribution < -0.4 is 16.0 Å². The van der Waals surface area contributed by atoms with E-state index in [-0.39, 0.29) is 11.4 Å². The molecule has 0 spiro atoms. The van der Waals surface area contributed by atoms with E-state index in [1.807, 2.05) is 18.2 Å². The van der Waals surface area contributed by atoms with Crippen molar-refractivity contribution in [3.63, 3.8) is 0 Å². The van der Waals surface area contributed by atoms with Crippen LogP contribution in [0, 0.1) is 0 Å². The SMILES string of the molecule is O=c1[nH]c(OCP(=O)(O)O)c(-c2cccc3ccccc23)c(=O)[nH]1. The van der Waals surface area contributed by atoms with E-state index in [9.17, 15) is 14.2 Å². The summed E-state index contributed by atoms with van der Waals surface area (Å²) in [6, 6.07) is 12.5. The van der Waals surface area contributed by atoms with Crippen molar-refractivity contribution in [3.05, 3.63) is 63.3 Å². The highest BCUT2D eigenvalue weighted by Crippen LogP contribution is 2.36. The van der Waals surface area contributed by atoms with Crippen molar-refractivity contribution < 1.29 is 19.1 Å². The first kappa shape index (κ1) is 16.2. The van der Waals surface area contributed by atoms with E-state index in [1.165, 1.54) is 0 Å². The molecular formula is C15H13N2O6P. The molecule has 124 valence electrons. The van der Waals surface area contributed by atoms with Gasteiger partial charge in [0.1, 0.15) is 5.56 Å². The monoisotopic (exact) mass is 348 g/mol. The standard InChI is InChI=1S/C15H13N2O6P/c18-13-12(11-7-3-5-9-4-1-2-6-10(9)11)14(17-15(19)16-13)23-8-24(20,21)22/h1-7H,8H2,(H2,20,21,22)(H2,16,17,18,19). The van der Waals surface area contributed by atoms with Crippen LogP contribution in [0.2, 0.25) is 0 Å². The number of benzene rings is 2. The van der Waals surface area contributed by atoms with Crippen molar-refractivity contribution in [2.75, 3.05) is 6.35 Å². The molecule has 0 radical (unpaired) electrons. The molecule has 0 aliphatic heterocycles. The molecule has 0 fully saturated rings. The second-order valence-corrected chi connectivity index (χ2v) is 6.66. The Morgan fingerprint density at radius 3 is 2.46 bits per heavy atom. The Morgan fingerprint density at radius 1 is 1.00 bits per heavy atom. The second-order valence-electron chi connectivity index (χ2n) is 5.08. The number of aromatic nitrogens is 2. The highest BCUT2D eigenvalue weighted by atomic mass is 31.2. The molecule has 9 heteroatoms. The zero-order valence-corrected chi connectivity index (χ0v) is 13.1. The van der Waals surface area contributed by atoms with Crippen LogP contribution in [-0.2, 0) is 4.57 Å². The summed E-state index contributed by atoms with van der Waals surface area (Å²) < 4.78 is 16.1. The Labute approximate surface area is 134 Å². The summed E-state index contributed by atoms with van der Waals surface area (Å²) in [6.07, 6.45) is -0.954. The first-order valence-corrected chi connectivity index (χ1v) is 8.67. The van der Waals surface area contributed by atoms with E-state index < -0.39 is 25.2 Å². The van der Waals surface area contributed by atoms with E-state index in [0.717, 1.165) is 10.8 Å². The predicted molar refractivity (Wildman–Crippen MR) is 88.2 cm³/mol. The normalized spacial score (nSPS) is 11.6. The molecule has 0 aliphatic carbocycles. The van der Waals surface area contributed by atoms with Gasteiger partial charge in [-0.25, -0.2) is 4.79 Å². The van der Waals surface area contributed by atoms with Gasteiger partial charge in [-0.05, 0) is 10.8 Å². The van der Waals surface area contributed by atoms with Crippen LogP contribution in [0.4, 0.5) is 0 Å². The van der Waals surface area contributed by atoms with Gasteiger partial charge in [0.15, 0.2) is 6.35 Å². The van der Waals surface area contributed by atoms with Gasteiger partial charge in [0.05, 0.1) is 0 Å². The molecule has 24 heavy (non-hydrogen) atoms. The summed E-state index contributed by atoms with van der Waals surface area (Å²) in [7, 11) is -4.48. The third kappa shape index (κ3) is 3.30. The lowest BCUT2D eigenvalue weighted by molar-refractivity contribution is 0.294. The fraction of sp³-hybridized carbons (Fsp3) is 0.0667. The Balaban J connectivity index is 2.25. The summed E-state index contributed by atoms with van der Waals surface area (Å²) in [5.74, 6) is -0.288. The van der Waals surface area contributed by atoms with Crippen LogP contribution >= 0.6 is 7.60 Å². The van der Waals surface area contributed by atoms with Crippen molar-refractivity contribution in [1.29, 1.82) is 0 Å². The molecule has 0 unspecified atom stereocenters. The average Bonchev–Trinajstić information content (AvgIpc) is 2.51. The molecule has 8 nitrogen and oxygen atoms in total. The molecular weight excluding hydrogens is 335 g/mol. The van der Waals surface area contributed by atoms with Gasteiger partial charge in [-0.2, -0.15) is 0 Å². The summed E-state index contributed by atoms with van der Waals surface area (Å²) in [6.45, 7) is 0. The zero-order chi connectivity index (χ0) is 17.3. The molecule has 1 heterocycles. The maximum Gasteiger partial charge on any atom is 0.362 e. The molecule has 3 aromatic rings. The molecule has 0 saturated heterocycles. The first-order valence-electron chi connectivity index (χ1n) is 6.87. The fourth-order valence-electron chi connectivity index (χ4n) is 2.41. The topological polar surface area (TPSA) is 132 Å². The lowest BCUT2D eigenvalue weighted by Gasteiger charge is -2.12. The van der Waals surface area contributed by atoms with Gasteiger partial charge in [0, 0.05) is 5.56 Å². The molecule has 2 aromatic carbocycles. The summed E-state index contributed by atoms with van der Waals surface area (Å²) >= 11 is 0. The van der Waals surface area contributed by atoms with Crippen molar-refractivity contribution >= 4 is 18.4 Å². The summed E-state index contributed by atoms with van der Waals surface area (Å²) in [4.78, 5) is 46.1. The maximum atomic E-state index is 12.3. The highest BCUT2D eigenvalue weighted by Gasteiger charge is 2.20. The zero-order valence-electron chi connectivity index (χ0n) is 12.2. The van der Waals surface area contributed by atoms with Crippen LogP contribution in [0.5, 0.6) is 5.88 Å². The maximum absolute atomic E-state index is 12.3. The van der Waals surface area contributed by atoms with Gasteiger partial charge in [-0.3, -0.25) is 19.3 Å². The van der Waals surface area contributed by atoms with Crippen LogP contribution in [0.1, 0.15) is 0 Å². The number of aromatic amines is 2. The molecule has 4 N–H and O–H groups in total. The van der Waals surface area contributed by atoms with Gasteiger partial charge in [0.2, 0.25) is 5.88 Å². The first-order chi connectivity index (χ1) is 11.3. The van der Waals surface area contributed by atoms with Gasteiger partial charge >= 0.3 is 13.3 Å². The van der Waals surface area contributed by atoms with E-state index in [4.69, 9.17) is 14.5 Å². The number of H-pyrrole nitrogens is 2. The van der Waals surface area contributed by atoms with Crippen LogP contribution in [0.25, 0.3) is 21.9 Å². The number of hydrogen-bond donors (Lipinski definition) is 4. The van der Waals surface area contributed by atoms with Gasteiger partial charge in [-0.15, -0.1) is 0 Å². The van der Waals surface area contributed by atoms with Crippen molar-refractivity contribution in [1.82, 2.24) is 9.97 Å². The van der Waals surface area contributed by atoms with Crippen molar-refractivity contribution in [2.45, 2.75) is 0 Å². The van der Waals surface area contributed by atoms with Gasteiger partial charge in [-0.1, -0.05) is 42.5 Å². The fourth-order valence-corrected chi connectivity index (χ4v) is 2.71. The molecule has 0 aliphatic rings. The largest absolute Gasteiger partial charge is 0.465 e. The van der Waals surface area contributed by atoms with E-state index in [2.05, 4.69) is 9.97 Å². The average molecular weight is 348 g/mol. The lowest BCUT2D eigenvalue weighted by atomic mass is 10.00. The molecule has 0 bridgehead atoms. The number of nitrogens with one attached hydrogen (secondary N) is 2. The van der Waals surface area contributed by atoms with Crippen LogP contribution in [0.3, 0.4) is 0 Å². The third-order valence-electron chi connectivity index (χ3n) is 3.34. The minimum atomic E-state index is -4.48. The Hall–Kier alpha value is -2.67. The summed E-state index contributed by atoms with van der Waals surface area (Å²) in [5, 5.41) is 1.60. The van der Waals surface area contributed by atoms with Gasteiger partial charge < -0.3 is 14.5 Å². The minimum absolute atomic E-state index is 0.000139. The Kier molecular flexibility index (Phi) is 4.11. The lowest BCUT2D eigenvalue weighted by Crippen LogP contribution is -2.25. The summed E-state index contributed by atoms with van der Waals surface area (Å²) in [5.41, 5.74) is -1.06. The number of fused-ring (bicyclic) bond motifs is 1. The molecule has 0 amide bonds. The van der Waals surface area contributed by atoms with Crippen molar-refractivity contribution in [3.8, 4) is 17.0 Å². The third-order valence-corrected chi connectivity index (χ3v) is 3.81. The minimum Gasteiger partial charge on any atom is -0.465 e. The second kappa shape index (κ2) is 6.09. The number of hydrogen-bond acceptors (Lipinski definition) is 4. The molecule has 0 atom stereocenters. The number of rotatable bonds is 4. The van der Waals surface area contributed by atoms with E-state index in [1.54, 1.807) is 24.3 Å². The molecule has 0 saturated carbocycles. The van der Waals surface area contributed by atoms with Crippen LogP contribution in [-0.4, -0.2) is 26.1 Å². The van der Waals surface area contributed by atoms with Crippen LogP contribution in [0.15, 0.2) is 52.1 Å². The van der Waals surface area contributed by atoms with E-state index in [0.29, 0.717) is 5.56 Å².